The van der Waals surface area contributed by atoms with E-state index in [1.54, 1.807) is 0 Å². The zero-order chi connectivity index (χ0) is 12.1. The molecule has 0 bridgehead atoms. The van der Waals surface area contributed by atoms with Gasteiger partial charge in [0.1, 0.15) is 10.2 Å². The number of nitrogens with two attached hydrogens (primary N) is 1. The summed E-state index contributed by atoms with van der Waals surface area (Å²) >= 11 is 3.02. The maximum Gasteiger partial charge on any atom is 0.287 e. The van der Waals surface area contributed by atoms with Crippen LogP contribution in [0.2, 0.25) is 0 Å². The number of carbonyl (C=O) groups is 1. The maximum absolute atomic E-state index is 10.8. The smallest absolute Gasteiger partial charge is 0.287 e. The molecular formula is C8H8BrN3O4. The number of hydrogen-bond acceptors (Lipinski definition) is 5. The number of hydrazine groups is 1. The second-order valence-corrected chi connectivity index (χ2v) is 3.50. The van der Waals surface area contributed by atoms with Crippen LogP contribution in [0.4, 0.5) is 5.69 Å². The normalized spacial score (nSPS) is 9.62. The molecule has 0 spiro atoms. The van der Waals surface area contributed by atoms with Crippen LogP contribution >= 0.6 is 15.9 Å². The summed E-state index contributed by atoms with van der Waals surface area (Å²) in [5.74, 6) is 4.53. The van der Waals surface area contributed by atoms with Crippen molar-refractivity contribution in [3.8, 4) is 5.75 Å². The number of nitro benzene ring substituents is 1. The maximum atomic E-state index is 10.8. The van der Waals surface area contributed by atoms with Gasteiger partial charge in [0.15, 0.2) is 6.61 Å². The van der Waals surface area contributed by atoms with Crippen LogP contribution in [-0.4, -0.2) is 17.4 Å². The minimum absolute atomic E-state index is 0.134. The molecule has 0 fully saturated rings. The Balaban J connectivity index is 2.85. The molecule has 1 aromatic carbocycles. The average Bonchev–Trinajstić information content (AvgIpc) is 2.26. The van der Waals surface area contributed by atoms with E-state index in [1.165, 1.54) is 18.2 Å². The fourth-order valence-electron chi connectivity index (χ4n) is 0.937. The van der Waals surface area contributed by atoms with Crippen molar-refractivity contribution in [3.05, 3.63) is 32.8 Å². The number of benzene rings is 1. The first-order chi connectivity index (χ1) is 7.56. The van der Waals surface area contributed by atoms with E-state index in [1.807, 2.05) is 5.43 Å². The molecule has 0 atom stereocenters. The lowest BCUT2D eigenvalue weighted by atomic mass is 10.3. The highest BCUT2D eigenvalue weighted by molar-refractivity contribution is 9.10. The van der Waals surface area contributed by atoms with Crippen molar-refractivity contribution >= 4 is 27.5 Å². The number of nitro groups is 1. The van der Waals surface area contributed by atoms with Crippen LogP contribution in [0.15, 0.2) is 22.7 Å². The highest BCUT2D eigenvalue weighted by Gasteiger charge is 2.16. The van der Waals surface area contributed by atoms with E-state index in [-0.39, 0.29) is 22.5 Å². The summed E-state index contributed by atoms with van der Waals surface area (Å²) in [4.78, 5) is 20.8. The van der Waals surface area contributed by atoms with Crippen molar-refractivity contribution in [2.45, 2.75) is 0 Å². The largest absolute Gasteiger partial charge is 0.482 e. The van der Waals surface area contributed by atoms with Gasteiger partial charge in [-0.15, -0.1) is 0 Å². The van der Waals surface area contributed by atoms with Crippen molar-refractivity contribution in [1.29, 1.82) is 0 Å². The summed E-state index contributed by atoms with van der Waals surface area (Å²) in [6, 6.07) is 4.28. The average molecular weight is 290 g/mol. The van der Waals surface area contributed by atoms with Gasteiger partial charge in [0.25, 0.3) is 11.6 Å². The standard InChI is InChI=1S/C8H8BrN3O4/c9-8-5(12(14)15)2-1-3-6(8)16-4-7(13)11-10/h1-3H,4,10H2,(H,11,13). The quantitative estimate of drug-likeness (QED) is 0.368. The molecule has 0 saturated heterocycles. The number of halogens is 1. The van der Waals surface area contributed by atoms with E-state index < -0.39 is 10.8 Å². The number of ether oxygens (including phenoxy) is 1. The Labute approximate surface area is 98.8 Å². The minimum atomic E-state index is -0.556. The van der Waals surface area contributed by atoms with E-state index in [0.717, 1.165) is 0 Å². The minimum Gasteiger partial charge on any atom is -0.482 e. The summed E-state index contributed by atoms with van der Waals surface area (Å²) in [7, 11) is 0. The predicted molar refractivity (Wildman–Crippen MR) is 58.6 cm³/mol. The van der Waals surface area contributed by atoms with Crippen LogP contribution in [0.3, 0.4) is 0 Å². The second-order valence-electron chi connectivity index (χ2n) is 2.70. The molecule has 0 aromatic heterocycles. The molecule has 0 aliphatic carbocycles. The Morgan fingerprint density at radius 1 is 1.62 bits per heavy atom. The van der Waals surface area contributed by atoms with Gasteiger partial charge in [0.05, 0.1) is 4.92 Å². The van der Waals surface area contributed by atoms with E-state index in [0.29, 0.717) is 0 Å². The second kappa shape index (κ2) is 5.42. The lowest BCUT2D eigenvalue weighted by Gasteiger charge is -2.06. The van der Waals surface area contributed by atoms with E-state index in [9.17, 15) is 14.9 Å². The molecule has 1 rings (SSSR count). The van der Waals surface area contributed by atoms with Gasteiger partial charge >= 0.3 is 0 Å². The van der Waals surface area contributed by atoms with Crippen molar-refractivity contribution in [3.63, 3.8) is 0 Å². The Hall–Kier alpha value is -1.67. The fraction of sp³-hybridized carbons (Fsp3) is 0.125. The van der Waals surface area contributed by atoms with Gasteiger partial charge in [-0.2, -0.15) is 0 Å². The summed E-state index contributed by atoms with van der Waals surface area (Å²) in [5.41, 5.74) is 1.75. The molecule has 7 nitrogen and oxygen atoms in total. The van der Waals surface area contributed by atoms with Crippen LogP contribution in [-0.2, 0) is 4.79 Å². The highest BCUT2D eigenvalue weighted by atomic mass is 79.9. The molecule has 16 heavy (non-hydrogen) atoms. The van der Waals surface area contributed by atoms with Gasteiger partial charge in [0.2, 0.25) is 0 Å². The molecule has 1 amide bonds. The predicted octanol–water partition coefficient (Wildman–Crippen LogP) is 0.726. The zero-order valence-electron chi connectivity index (χ0n) is 7.97. The zero-order valence-corrected chi connectivity index (χ0v) is 9.56. The lowest BCUT2D eigenvalue weighted by molar-refractivity contribution is -0.385. The first-order valence-corrected chi connectivity index (χ1v) is 4.90. The molecule has 0 saturated carbocycles. The van der Waals surface area contributed by atoms with E-state index >= 15 is 0 Å². The fourth-order valence-corrected chi connectivity index (χ4v) is 1.46. The van der Waals surface area contributed by atoms with Gasteiger partial charge in [-0.3, -0.25) is 20.3 Å². The van der Waals surface area contributed by atoms with Crippen LogP contribution in [0.5, 0.6) is 5.75 Å². The SMILES string of the molecule is NNC(=O)COc1cccc([N+](=O)[O-])c1Br. The Bertz CT molecular complexity index is 424. The molecule has 0 heterocycles. The summed E-state index contributed by atoms with van der Waals surface area (Å²) in [5, 5.41) is 10.6. The number of nitrogens with zero attached hydrogens (tertiary/aromatic N) is 1. The van der Waals surface area contributed by atoms with Crippen LogP contribution < -0.4 is 16.0 Å². The third-order valence-electron chi connectivity index (χ3n) is 1.66. The number of rotatable bonds is 4. The Kier molecular flexibility index (Phi) is 4.20. The third-order valence-corrected chi connectivity index (χ3v) is 2.46. The molecule has 8 heteroatoms. The monoisotopic (exact) mass is 289 g/mol. The number of hydrogen-bond donors (Lipinski definition) is 2. The highest BCUT2D eigenvalue weighted by Crippen LogP contribution is 2.33. The summed E-state index contributed by atoms with van der Waals surface area (Å²) in [6.07, 6.45) is 0. The molecule has 0 aliphatic heterocycles. The van der Waals surface area contributed by atoms with Crippen molar-refractivity contribution < 1.29 is 14.5 Å². The van der Waals surface area contributed by atoms with Gasteiger partial charge in [-0.05, 0) is 22.0 Å². The molecule has 86 valence electrons. The van der Waals surface area contributed by atoms with Gasteiger partial charge < -0.3 is 4.74 Å². The molecular weight excluding hydrogens is 282 g/mol. The van der Waals surface area contributed by atoms with Gasteiger partial charge in [0, 0.05) is 6.07 Å². The molecule has 0 aliphatic rings. The number of amides is 1. The van der Waals surface area contributed by atoms with Gasteiger partial charge in [-0.25, -0.2) is 5.84 Å². The Morgan fingerprint density at radius 2 is 2.31 bits per heavy atom. The van der Waals surface area contributed by atoms with Crippen LogP contribution in [0.25, 0.3) is 0 Å². The van der Waals surface area contributed by atoms with E-state index in [2.05, 4.69) is 15.9 Å². The molecule has 0 radical (unpaired) electrons. The topological polar surface area (TPSA) is 107 Å². The van der Waals surface area contributed by atoms with Gasteiger partial charge in [-0.1, -0.05) is 6.07 Å². The summed E-state index contributed by atoms with van der Waals surface area (Å²) in [6.45, 7) is -0.309. The van der Waals surface area contributed by atoms with Crippen LogP contribution in [0, 0.1) is 10.1 Å². The number of nitrogens with one attached hydrogen (secondary N) is 1. The van der Waals surface area contributed by atoms with Crippen molar-refractivity contribution in [2.24, 2.45) is 5.84 Å². The molecule has 1 aromatic rings. The lowest BCUT2D eigenvalue weighted by Crippen LogP contribution is -2.34. The third kappa shape index (κ3) is 2.91. The molecule has 0 unspecified atom stereocenters. The van der Waals surface area contributed by atoms with Crippen LogP contribution in [0.1, 0.15) is 0 Å². The number of carbonyl (C=O) groups excluding carboxylic acids is 1. The summed E-state index contributed by atoms with van der Waals surface area (Å²) < 4.78 is 5.22. The first-order valence-electron chi connectivity index (χ1n) is 4.11. The first kappa shape index (κ1) is 12.4. The molecule has 3 N–H and O–H groups in total. The van der Waals surface area contributed by atoms with Crippen molar-refractivity contribution in [1.82, 2.24) is 5.43 Å². The van der Waals surface area contributed by atoms with Crippen molar-refractivity contribution in [2.75, 3.05) is 6.61 Å². The Morgan fingerprint density at radius 3 is 2.88 bits per heavy atom. The van der Waals surface area contributed by atoms with E-state index in [4.69, 9.17) is 10.6 Å².